The summed E-state index contributed by atoms with van der Waals surface area (Å²) in [5.41, 5.74) is 4.81. The van der Waals surface area contributed by atoms with Crippen LogP contribution in [0.4, 0.5) is 11.4 Å². The predicted octanol–water partition coefficient (Wildman–Crippen LogP) is 3.82. The molecule has 1 heterocycles. The molecule has 0 fully saturated rings. The van der Waals surface area contributed by atoms with E-state index in [2.05, 4.69) is 48.4 Å². The second kappa shape index (κ2) is 6.01. The van der Waals surface area contributed by atoms with E-state index in [9.17, 15) is 0 Å². The molecular weight excluding hydrogens is 234 g/mol. The molecule has 0 radical (unpaired) electrons. The highest BCUT2D eigenvalue weighted by Gasteiger charge is 2.09. The van der Waals surface area contributed by atoms with Crippen LogP contribution in [0, 0.1) is 11.3 Å². The normalized spacial score (nSPS) is 9.95. The fraction of sp³-hybridized carbons (Fsp3) is 0.250. The van der Waals surface area contributed by atoms with Crippen LogP contribution >= 0.6 is 0 Å². The van der Waals surface area contributed by atoms with Gasteiger partial charge in [-0.3, -0.25) is 0 Å². The highest BCUT2D eigenvalue weighted by atomic mass is 14.9. The van der Waals surface area contributed by atoms with Crippen molar-refractivity contribution in [1.29, 1.82) is 5.26 Å². The molecule has 0 spiro atoms. The molecule has 0 aliphatic heterocycles. The first-order valence-corrected chi connectivity index (χ1v) is 6.53. The van der Waals surface area contributed by atoms with Crippen LogP contribution in [0.5, 0.6) is 0 Å². The predicted molar refractivity (Wildman–Crippen MR) is 77.4 cm³/mol. The van der Waals surface area contributed by atoms with Crippen molar-refractivity contribution in [2.24, 2.45) is 0 Å². The molecule has 1 N–H and O–H groups in total. The van der Waals surface area contributed by atoms with Gasteiger partial charge < -0.3 is 5.32 Å². The summed E-state index contributed by atoms with van der Waals surface area (Å²) in [5, 5.41) is 12.5. The Morgan fingerprint density at radius 2 is 1.79 bits per heavy atom. The third-order valence-corrected chi connectivity index (χ3v) is 3.17. The average Bonchev–Trinajstić information content (AvgIpc) is 2.48. The number of nitrogens with zero attached hydrogens (tertiary/aromatic N) is 2. The zero-order valence-electron chi connectivity index (χ0n) is 11.3. The van der Waals surface area contributed by atoms with Crippen molar-refractivity contribution in [3.63, 3.8) is 0 Å². The average molecular weight is 251 g/mol. The van der Waals surface area contributed by atoms with Crippen molar-refractivity contribution in [1.82, 2.24) is 4.98 Å². The van der Waals surface area contributed by atoms with E-state index in [1.807, 2.05) is 12.1 Å². The van der Waals surface area contributed by atoms with Crippen LogP contribution in [0.15, 0.2) is 36.5 Å². The summed E-state index contributed by atoms with van der Waals surface area (Å²) in [5.74, 6) is 0. The lowest BCUT2D eigenvalue weighted by Gasteiger charge is -2.15. The van der Waals surface area contributed by atoms with Gasteiger partial charge in [-0.1, -0.05) is 32.0 Å². The van der Waals surface area contributed by atoms with Gasteiger partial charge in [-0.15, -0.1) is 0 Å². The molecule has 0 saturated heterocycles. The quantitative estimate of drug-likeness (QED) is 0.898. The minimum absolute atomic E-state index is 0.426. The van der Waals surface area contributed by atoms with Gasteiger partial charge in [-0.05, 0) is 36.1 Å². The summed E-state index contributed by atoms with van der Waals surface area (Å²) in [6, 6.07) is 12.2. The third-order valence-electron chi connectivity index (χ3n) is 3.17. The molecule has 0 amide bonds. The molecule has 2 rings (SSSR count). The molecule has 3 heteroatoms. The summed E-state index contributed by atoms with van der Waals surface area (Å²) in [6.45, 7) is 4.27. The van der Waals surface area contributed by atoms with Crippen LogP contribution in [0.1, 0.15) is 30.7 Å². The van der Waals surface area contributed by atoms with Gasteiger partial charge in [0.05, 0.1) is 5.69 Å². The lowest BCUT2D eigenvalue weighted by molar-refractivity contribution is 1.09. The maximum Gasteiger partial charge on any atom is 0.163 e. The Kier molecular flexibility index (Phi) is 4.15. The number of para-hydroxylation sites is 1. The van der Waals surface area contributed by atoms with Gasteiger partial charge in [0.2, 0.25) is 0 Å². The monoisotopic (exact) mass is 251 g/mol. The number of nitrogens with one attached hydrogen (secondary N) is 1. The minimum Gasteiger partial charge on any atom is -0.353 e. The molecule has 3 nitrogen and oxygen atoms in total. The summed E-state index contributed by atoms with van der Waals surface area (Å²) >= 11 is 0. The molecule has 0 unspecified atom stereocenters. The van der Waals surface area contributed by atoms with Crippen LogP contribution < -0.4 is 5.32 Å². The fourth-order valence-electron chi connectivity index (χ4n) is 2.13. The molecule has 0 aliphatic carbocycles. The number of pyridine rings is 1. The molecule has 0 saturated carbocycles. The standard InChI is InChI=1S/C16H17N3/c1-3-12-7-5-8-13(4-2)16(12)19-14-9-6-10-18-15(14)11-17/h5-10,19H,3-4H2,1-2H3. The molecule has 1 aromatic heterocycles. The summed E-state index contributed by atoms with van der Waals surface area (Å²) in [6.07, 6.45) is 3.55. The Morgan fingerprint density at radius 3 is 2.37 bits per heavy atom. The molecular formula is C16H17N3. The van der Waals surface area contributed by atoms with E-state index >= 15 is 0 Å². The van der Waals surface area contributed by atoms with Crippen LogP contribution in [-0.4, -0.2) is 4.98 Å². The van der Waals surface area contributed by atoms with Gasteiger partial charge in [-0.25, -0.2) is 4.98 Å². The molecule has 0 bridgehead atoms. The second-order valence-corrected chi connectivity index (χ2v) is 4.29. The Labute approximate surface area is 113 Å². The topological polar surface area (TPSA) is 48.7 Å². The van der Waals surface area contributed by atoms with Gasteiger partial charge in [0.15, 0.2) is 5.69 Å². The van der Waals surface area contributed by atoms with Crippen molar-refractivity contribution in [2.45, 2.75) is 26.7 Å². The maximum atomic E-state index is 9.10. The zero-order chi connectivity index (χ0) is 13.7. The van der Waals surface area contributed by atoms with Crippen LogP contribution in [0.25, 0.3) is 0 Å². The van der Waals surface area contributed by atoms with Gasteiger partial charge in [0.25, 0.3) is 0 Å². The SMILES string of the molecule is CCc1cccc(CC)c1Nc1cccnc1C#N. The third kappa shape index (κ3) is 2.74. The Morgan fingerprint density at radius 1 is 1.11 bits per heavy atom. The summed E-state index contributed by atoms with van der Waals surface area (Å²) in [7, 11) is 0. The van der Waals surface area contributed by atoms with Crippen LogP contribution in [-0.2, 0) is 12.8 Å². The number of hydrogen-bond donors (Lipinski definition) is 1. The minimum atomic E-state index is 0.426. The van der Waals surface area contributed by atoms with Crippen LogP contribution in [0.3, 0.4) is 0 Å². The first kappa shape index (κ1) is 13.1. The molecule has 2 aromatic rings. The van der Waals surface area contributed by atoms with Crippen molar-refractivity contribution >= 4 is 11.4 Å². The van der Waals surface area contributed by atoms with Crippen molar-refractivity contribution < 1.29 is 0 Å². The highest BCUT2D eigenvalue weighted by molar-refractivity contribution is 5.70. The molecule has 0 atom stereocenters. The van der Waals surface area contributed by atoms with Gasteiger partial charge >= 0.3 is 0 Å². The van der Waals surface area contributed by atoms with E-state index in [1.54, 1.807) is 6.20 Å². The zero-order valence-corrected chi connectivity index (χ0v) is 11.3. The molecule has 96 valence electrons. The second-order valence-electron chi connectivity index (χ2n) is 4.29. The van der Waals surface area contributed by atoms with E-state index in [0.29, 0.717) is 5.69 Å². The van der Waals surface area contributed by atoms with Gasteiger partial charge in [0.1, 0.15) is 6.07 Å². The molecule has 19 heavy (non-hydrogen) atoms. The summed E-state index contributed by atoms with van der Waals surface area (Å²) in [4.78, 5) is 4.08. The lowest BCUT2D eigenvalue weighted by Crippen LogP contribution is -2.02. The van der Waals surface area contributed by atoms with Crippen molar-refractivity contribution in [3.8, 4) is 6.07 Å². The van der Waals surface area contributed by atoms with E-state index in [0.717, 1.165) is 24.2 Å². The first-order valence-electron chi connectivity index (χ1n) is 6.53. The number of rotatable bonds is 4. The highest BCUT2D eigenvalue weighted by Crippen LogP contribution is 2.27. The fourth-order valence-corrected chi connectivity index (χ4v) is 2.13. The lowest BCUT2D eigenvalue weighted by atomic mass is 10.0. The number of aromatic nitrogens is 1. The largest absolute Gasteiger partial charge is 0.353 e. The number of nitriles is 1. The number of hydrogen-bond acceptors (Lipinski definition) is 3. The smallest absolute Gasteiger partial charge is 0.163 e. The Balaban J connectivity index is 2.46. The van der Waals surface area contributed by atoms with E-state index in [4.69, 9.17) is 5.26 Å². The van der Waals surface area contributed by atoms with Crippen LogP contribution in [0.2, 0.25) is 0 Å². The van der Waals surface area contributed by atoms with Gasteiger partial charge in [-0.2, -0.15) is 5.26 Å². The first-order chi connectivity index (χ1) is 9.30. The van der Waals surface area contributed by atoms with Crippen molar-refractivity contribution in [2.75, 3.05) is 5.32 Å². The Bertz CT molecular complexity index is 589. The summed E-state index contributed by atoms with van der Waals surface area (Å²) < 4.78 is 0. The number of anilines is 2. The number of aryl methyl sites for hydroxylation is 2. The maximum absolute atomic E-state index is 9.10. The van der Waals surface area contributed by atoms with E-state index in [1.165, 1.54) is 11.1 Å². The molecule has 1 aromatic carbocycles. The van der Waals surface area contributed by atoms with E-state index in [-0.39, 0.29) is 0 Å². The van der Waals surface area contributed by atoms with Crippen molar-refractivity contribution in [3.05, 3.63) is 53.3 Å². The molecule has 0 aliphatic rings. The van der Waals surface area contributed by atoms with Gasteiger partial charge in [0, 0.05) is 11.9 Å². The number of benzene rings is 1. The van der Waals surface area contributed by atoms with E-state index < -0.39 is 0 Å². The Hall–Kier alpha value is -2.34.